The third-order valence-electron chi connectivity index (χ3n) is 4.30. The minimum atomic E-state index is -0.0900. The van der Waals surface area contributed by atoms with Gasteiger partial charge in [-0.3, -0.25) is 9.69 Å². The summed E-state index contributed by atoms with van der Waals surface area (Å²) in [5, 5.41) is 0.998. The molecule has 4 nitrogen and oxygen atoms in total. The van der Waals surface area contributed by atoms with Crippen LogP contribution in [0.25, 0.3) is 6.08 Å². The van der Waals surface area contributed by atoms with Gasteiger partial charge in [-0.15, -0.1) is 0 Å². The number of benzene rings is 2. The molecule has 1 aliphatic rings. The third kappa shape index (κ3) is 5.30. The number of rotatable bonds is 7. The zero-order valence-electron chi connectivity index (χ0n) is 16.8. The Morgan fingerprint density at radius 3 is 2.60 bits per heavy atom. The molecule has 1 saturated heterocycles. The summed E-state index contributed by atoms with van der Waals surface area (Å²) in [5.41, 5.74) is 1.57. The Morgan fingerprint density at radius 1 is 1.20 bits per heavy atom. The average molecular weight is 482 g/mol. The van der Waals surface area contributed by atoms with Gasteiger partial charge in [0, 0.05) is 17.1 Å². The molecule has 0 aromatic heterocycles. The minimum absolute atomic E-state index is 0.0900. The standard InChI is InChI=1S/C22H21Cl2NO3S2/c1-13(2)11-25-21(26)19(30-22(25)29)10-14-8-17(24)20(18(9-14)27-3)28-12-15-6-4-5-7-16(15)23/h4-10,13H,11-12H2,1-3H3/b19-10-. The quantitative estimate of drug-likeness (QED) is 0.336. The Bertz CT molecular complexity index is 1010. The molecule has 0 atom stereocenters. The molecule has 2 aromatic carbocycles. The van der Waals surface area contributed by atoms with Gasteiger partial charge in [0.15, 0.2) is 11.5 Å². The Labute approximate surface area is 196 Å². The number of hydrogen-bond acceptors (Lipinski definition) is 5. The largest absolute Gasteiger partial charge is 0.493 e. The highest BCUT2D eigenvalue weighted by atomic mass is 35.5. The molecule has 1 aliphatic heterocycles. The van der Waals surface area contributed by atoms with E-state index < -0.39 is 0 Å². The molecule has 158 valence electrons. The van der Waals surface area contributed by atoms with Crippen molar-refractivity contribution in [3.05, 3.63) is 62.5 Å². The molecule has 0 saturated carbocycles. The van der Waals surface area contributed by atoms with Gasteiger partial charge in [-0.05, 0) is 35.8 Å². The molecular formula is C22H21Cl2NO3S2. The second-order valence-electron chi connectivity index (χ2n) is 7.10. The van der Waals surface area contributed by atoms with E-state index in [9.17, 15) is 4.79 Å². The van der Waals surface area contributed by atoms with Crippen LogP contribution in [0.15, 0.2) is 41.3 Å². The van der Waals surface area contributed by atoms with Crippen LogP contribution in [0.2, 0.25) is 10.0 Å². The van der Waals surface area contributed by atoms with Gasteiger partial charge < -0.3 is 9.47 Å². The van der Waals surface area contributed by atoms with Crippen molar-refractivity contribution in [3.63, 3.8) is 0 Å². The van der Waals surface area contributed by atoms with Crippen molar-refractivity contribution in [2.75, 3.05) is 13.7 Å². The van der Waals surface area contributed by atoms with Crippen LogP contribution >= 0.6 is 47.2 Å². The lowest BCUT2D eigenvalue weighted by Crippen LogP contribution is -2.31. The van der Waals surface area contributed by atoms with Gasteiger partial charge in [-0.25, -0.2) is 0 Å². The lowest BCUT2D eigenvalue weighted by Gasteiger charge is -2.16. The van der Waals surface area contributed by atoms with Crippen LogP contribution in [0, 0.1) is 5.92 Å². The predicted octanol–water partition coefficient (Wildman–Crippen LogP) is 6.44. The van der Waals surface area contributed by atoms with E-state index >= 15 is 0 Å². The highest BCUT2D eigenvalue weighted by Gasteiger charge is 2.32. The van der Waals surface area contributed by atoms with E-state index in [4.69, 9.17) is 44.9 Å². The third-order valence-corrected chi connectivity index (χ3v) is 6.33. The maximum absolute atomic E-state index is 12.7. The topological polar surface area (TPSA) is 38.8 Å². The zero-order valence-corrected chi connectivity index (χ0v) is 19.9. The van der Waals surface area contributed by atoms with E-state index in [1.54, 1.807) is 36.3 Å². The predicted molar refractivity (Wildman–Crippen MR) is 129 cm³/mol. The van der Waals surface area contributed by atoms with E-state index in [2.05, 4.69) is 0 Å². The van der Waals surface area contributed by atoms with Gasteiger partial charge in [-0.2, -0.15) is 0 Å². The molecule has 0 N–H and O–H groups in total. The van der Waals surface area contributed by atoms with Crippen LogP contribution in [-0.4, -0.2) is 28.8 Å². The van der Waals surface area contributed by atoms with Gasteiger partial charge in [0.2, 0.25) is 0 Å². The lowest BCUT2D eigenvalue weighted by molar-refractivity contribution is -0.122. The normalized spacial score (nSPS) is 15.4. The fraction of sp³-hybridized carbons (Fsp3) is 0.273. The molecule has 0 unspecified atom stereocenters. The summed E-state index contributed by atoms with van der Waals surface area (Å²) >= 11 is 19.3. The molecule has 30 heavy (non-hydrogen) atoms. The Morgan fingerprint density at radius 2 is 1.93 bits per heavy atom. The molecular weight excluding hydrogens is 461 g/mol. The first-order valence-electron chi connectivity index (χ1n) is 9.29. The molecule has 0 radical (unpaired) electrons. The van der Waals surface area contributed by atoms with Crippen LogP contribution < -0.4 is 9.47 Å². The number of ether oxygens (including phenoxy) is 2. The molecule has 1 heterocycles. The lowest BCUT2D eigenvalue weighted by atomic mass is 10.1. The summed E-state index contributed by atoms with van der Waals surface area (Å²) in [6, 6.07) is 11.0. The second-order valence-corrected chi connectivity index (χ2v) is 9.59. The molecule has 2 aromatic rings. The second kappa shape index (κ2) is 10.1. The van der Waals surface area contributed by atoms with Crippen molar-refractivity contribution in [1.29, 1.82) is 0 Å². The number of carbonyl (C=O) groups excluding carboxylic acids is 1. The molecule has 1 fully saturated rings. The number of methoxy groups -OCH3 is 1. The van der Waals surface area contributed by atoms with E-state index in [1.165, 1.54) is 11.8 Å². The van der Waals surface area contributed by atoms with Gasteiger partial charge in [-0.1, -0.05) is 79.2 Å². The van der Waals surface area contributed by atoms with Crippen LogP contribution in [0.1, 0.15) is 25.0 Å². The van der Waals surface area contributed by atoms with Crippen molar-refractivity contribution < 1.29 is 14.3 Å². The van der Waals surface area contributed by atoms with Crippen LogP contribution in [0.4, 0.5) is 0 Å². The Hall–Kier alpha value is -1.73. The van der Waals surface area contributed by atoms with Crippen LogP contribution in [0.3, 0.4) is 0 Å². The molecule has 8 heteroatoms. The minimum Gasteiger partial charge on any atom is -0.493 e. The maximum atomic E-state index is 12.7. The Kier molecular flexibility index (Phi) is 7.69. The number of amides is 1. The van der Waals surface area contributed by atoms with Crippen molar-refractivity contribution in [1.82, 2.24) is 4.90 Å². The summed E-state index contributed by atoms with van der Waals surface area (Å²) < 4.78 is 11.9. The smallest absolute Gasteiger partial charge is 0.266 e. The zero-order chi connectivity index (χ0) is 21.8. The molecule has 1 amide bonds. The number of thioether (sulfide) groups is 1. The maximum Gasteiger partial charge on any atom is 0.266 e. The number of nitrogens with zero attached hydrogens (tertiary/aromatic N) is 1. The van der Waals surface area contributed by atoms with Crippen LogP contribution in [-0.2, 0) is 11.4 Å². The van der Waals surface area contributed by atoms with Gasteiger partial charge in [0.25, 0.3) is 5.91 Å². The number of hydrogen-bond donors (Lipinski definition) is 0. The molecule has 0 spiro atoms. The first kappa shape index (κ1) is 22.9. The number of thiocarbonyl (C=S) groups is 1. The van der Waals surface area contributed by atoms with E-state index in [0.717, 1.165) is 11.1 Å². The van der Waals surface area contributed by atoms with Crippen molar-refractivity contribution in [2.45, 2.75) is 20.5 Å². The fourth-order valence-corrected chi connectivity index (χ4v) is 4.64. The van der Waals surface area contributed by atoms with Gasteiger partial charge in [0.05, 0.1) is 17.0 Å². The van der Waals surface area contributed by atoms with Crippen molar-refractivity contribution in [2.24, 2.45) is 5.92 Å². The summed E-state index contributed by atoms with van der Waals surface area (Å²) in [4.78, 5) is 14.9. The summed E-state index contributed by atoms with van der Waals surface area (Å²) in [6.07, 6.45) is 1.77. The SMILES string of the molecule is COc1cc(/C=C2\SC(=S)N(CC(C)C)C2=O)cc(Cl)c1OCc1ccccc1Cl. The summed E-state index contributed by atoms with van der Waals surface area (Å²) in [5.74, 6) is 1.13. The average Bonchev–Trinajstić information content (AvgIpc) is 2.95. The molecule has 3 rings (SSSR count). The first-order chi connectivity index (χ1) is 14.3. The summed E-state index contributed by atoms with van der Waals surface area (Å²) in [7, 11) is 1.54. The van der Waals surface area contributed by atoms with Crippen molar-refractivity contribution >= 4 is 63.5 Å². The fourth-order valence-electron chi connectivity index (χ4n) is 2.90. The molecule has 0 aliphatic carbocycles. The highest BCUT2D eigenvalue weighted by molar-refractivity contribution is 8.26. The van der Waals surface area contributed by atoms with Crippen LogP contribution in [0.5, 0.6) is 11.5 Å². The first-order valence-corrected chi connectivity index (χ1v) is 11.3. The monoisotopic (exact) mass is 481 g/mol. The van der Waals surface area contributed by atoms with Gasteiger partial charge >= 0.3 is 0 Å². The number of carbonyl (C=O) groups is 1. The number of halogens is 2. The molecule has 0 bridgehead atoms. The highest BCUT2D eigenvalue weighted by Crippen LogP contribution is 2.39. The van der Waals surface area contributed by atoms with Crippen molar-refractivity contribution in [3.8, 4) is 11.5 Å². The summed E-state index contributed by atoms with van der Waals surface area (Å²) in [6.45, 7) is 4.95. The Balaban J connectivity index is 1.83. The van der Waals surface area contributed by atoms with Gasteiger partial charge in [0.1, 0.15) is 10.9 Å². The van der Waals surface area contributed by atoms with E-state index in [1.807, 2.05) is 32.0 Å². The van der Waals surface area contributed by atoms with E-state index in [-0.39, 0.29) is 12.5 Å². The van der Waals surface area contributed by atoms with E-state index in [0.29, 0.717) is 43.2 Å².